The minimum atomic E-state index is -0.452. The number of rotatable bonds is 2. The molecule has 1 aliphatic carbocycles. The lowest BCUT2D eigenvalue weighted by atomic mass is 9.75. The van der Waals surface area contributed by atoms with Crippen molar-refractivity contribution < 1.29 is 14.3 Å². The van der Waals surface area contributed by atoms with Crippen molar-refractivity contribution in [3.8, 4) is 0 Å². The Morgan fingerprint density at radius 2 is 2.07 bits per heavy atom. The molecule has 15 heavy (non-hydrogen) atoms. The molecular weight excluding hydrogens is 192 g/mol. The highest BCUT2D eigenvalue weighted by molar-refractivity contribution is 5.97. The fourth-order valence-corrected chi connectivity index (χ4v) is 3.30. The second-order valence-electron chi connectivity index (χ2n) is 4.91. The molecule has 3 heteroatoms. The number of carbonyl (C=O) groups is 2. The van der Waals surface area contributed by atoms with Crippen LogP contribution < -0.4 is 0 Å². The molecule has 2 rings (SSSR count). The maximum absolute atomic E-state index is 11.8. The van der Waals surface area contributed by atoms with Crippen LogP contribution in [0.1, 0.15) is 46.0 Å². The SMILES string of the molecule is CCC1CC(CC)C2(CC(=O)OC2=O)C1. The van der Waals surface area contributed by atoms with E-state index in [1.165, 1.54) is 0 Å². The summed E-state index contributed by atoms with van der Waals surface area (Å²) in [6.07, 6.45) is 4.32. The lowest BCUT2D eigenvalue weighted by molar-refractivity contribution is -0.156. The molecule has 3 unspecified atom stereocenters. The zero-order chi connectivity index (χ0) is 11.1. The lowest BCUT2D eigenvalue weighted by Crippen LogP contribution is -2.30. The van der Waals surface area contributed by atoms with Gasteiger partial charge < -0.3 is 4.74 Å². The van der Waals surface area contributed by atoms with Crippen molar-refractivity contribution in [2.75, 3.05) is 0 Å². The second kappa shape index (κ2) is 3.62. The first-order chi connectivity index (χ1) is 7.12. The van der Waals surface area contributed by atoms with Crippen LogP contribution >= 0.6 is 0 Å². The van der Waals surface area contributed by atoms with Crippen LogP contribution in [0.5, 0.6) is 0 Å². The smallest absolute Gasteiger partial charge is 0.320 e. The summed E-state index contributed by atoms with van der Waals surface area (Å²) in [5, 5.41) is 0. The van der Waals surface area contributed by atoms with E-state index in [9.17, 15) is 9.59 Å². The summed E-state index contributed by atoms with van der Waals surface area (Å²) in [6.45, 7) is 4.25. The molecule has 0 aromatic carbocycles. The Kier molecular flexibility index (Phi) is 2.57. The molecule has 84 valence electrons. The van der Waals surface area contributed by atoms with Crippen LogP contribution in [0.2, 0.25) is 0 Å². The van der Waals surface area contributed by atoms with Crippen molar-refractivity contribution in [2.45, 2.75) is 46.0 Å². The molecule has 1 saturated heterocycles. The number of hydrogen-bond donors (Lipinski definition) is 0. The standard InChI is InChI=1S/C12H18O3/c1-3-8-5-9(4-2)12(6-8)7-10(13)15-11(12)14/h8-9H,3-7H2,1-2H3. The van der Waals surface area contributed by atoms with Gasteiger partial charge in [0.15, 0.2) is 0 Å². The zero-order valence-corrected chi connectivity index (χ0v) is 9.41. The third-order valence-electron chi connectivity index (χ3n) is 4.20. The van der Waals surface area contributed by atoms with Crippen molar-refractivity contribution in [1.29, 1.82) is 0 Å². The van der Waals surface area contributed by atoms with Crippen molar-refractivity contribution in [1.82, 2.24) is 0 Å². The number of cyclic esters (lactones) is 2. The highest BCUT2D eigenvalue weighted by Crippen LogP contribution is 2.54. The molecular formula is C12H18O3. The van der Waals surface area contributed by atoms with Crippen LogP contribution in [0.3, 0.4) is 0 Å². The molecule has 3 nitrogen and oxygen atoms in total. The fraction of sp³-hybridized carbons (Fsp3) is 0.833. The summed E-state index contributed by atoms with van der Waals surface area (Å²) < 4.78 is 4.75. The van der Waals surface area contributed by atoms with Crippen molar-refractivity contribution in [3.05, 3.63) is 0 Å². The Labute approximate surface area is 90.2 Å². The van der Waals surface area contributed by atoms with Gasteiger partial charge in [-0.25, -0.2) is 0 Å². The minimum Gasteiger partial charge on any atom is -0.393 e. The fourth-order valence-electron chi connectivity index (χ4n) is 3.30. The molecule has 0 N–H and O–H groups in total. The molecule has 1 aliphatic heterocycles. The lowest BCUT2D eigenvalue weighted by Gasteiger charge is -2.24. The molecule has 0 radical (unpaired) electrons. The third-order valence-corrected chi connectivity index (χ3v) is 4.20. The predicted molar refractivity (Wildman–Crippen MR) is 54.9 cm³/mol. The highest BCUT2D eigenvalue weighted by Gasteiger charge is 2.57. The van der Waals surface area contributed by atoms with Crippen LogP contribution in [0.15, 0.2) is 0 Å². The summed E-state index contributed by atoms with van der Waals surface area (Å²) in [7, 11) is 0. The summed E-state index contributed by atoms with van der Waals surface area (Å²) in [4.78, 5) is 23.0. The average molecular weight is 210 g/mol. The Hall–Kier alpha value is -0.860. The van der Waals surface area contributed by atoms with Crippen LogP contribution in [-0.2, 0) is 14.3 Å². The van der Waals surface area contributed by atoms with Gasteiger partial charge in [0.2, 0.25) is 0 Å². The molecule has 0 bridgehead atoms. The third kappa shape index (κ3) is 1.48. The number of hydrogen-bond acceptors (Lipinski definition) is 3. The molecule has 1 spiro atoms. The molecule has 0 aromatic rings. The monoisotopic (exact) mass is 210 g/mol. The highest BCUT2D eigenvalue weighted by atomic mass is 16.6. The normalized spacial score (nSPS) is 40.1. The summed E-state index contributed by atoms with van der Waals surface area (Å²) in [5.74, 6) is 0.361. The first-order valence-corrected chi connectivity index (χ1v) is 5.87. The molecule has 1 saturated carbocycles. The Morgan fingerprint density at radius 1 is 1.33 bits per heavy atom. The second-order valence-corrected chi connectivity index (χ2v) is 4.91. The molecule has 3 atom stereocenters. The van der Waals surface area contributed by atoms with E-state index in [4.69, 9.17) is 4.74 Å². The average Bonchev–Trinajstić information content (AvgIpc) is 2.69. The zero-order valence-electron chi connectivity index (χ0n) is 9.41. The Bertz CT molecular complexity index is 297. The summed E-state index contributed by atoms with van der Waals surface area (Å²) in [5.41, 5.74) is -0.452. The Morgan fingerprint density at radius 3 is 2.53 bits per heavy atom. The van der Waals surface area contributed by atoms with Crippen molar-refractivity contribution >= 4 is 11.9 Å². The Balaban J connectivity index is 2.26. The van der Waals surface area contributed by atoms with Gasteiger partial charge >= 0.3 is 11.9 Å². The van der Waals surface area contributed by atoms with Gasteiger partial charge in [0.25, 0.3) is 0 Å². The van der Waals surface area contributed by atoms with Gasteiger partial charge in [-0.3, -0.25) is 9.59 Å². The van der Waals surface area contributed by atoms with Gasteiger partial charge in [-0.2, -0.15) is 0 Å². The van der Waals surface area contributed by atoms with Crippen LogP contribution in [0.4, 0.5) is 0 Å². The van der Waals surface area contributed by atoms with Gasteiger partial charge in [-0.05, 0) is 24.7 Å². The number of carbonyl (C=O) groups excluding carboxylic acids is 2. The van der Waals surface area contributed by atoms with E-state index in [1.807, 2.05) is 0 Å². The minimum absolute atomic E-state index is 0.254. The van der Waals surface area contributed by atoms with Gasteiger partial charge in [-0.15, -0.1) is 0 Å². The van der Waals surface area contributed by atoms with E-state index < -0.39 is 5.41 Å². The van der Waals surface area contributed by atoms with Crippen molar-refractivity contribution in [2.24, 2.45) is 17.3 Å². The van der Waals surface area contributed by atoms with Crippen molar-refractivity contribution in [3.63, 3.8) is 0 Å². The predicted octanol–water partition coefficient (Wildman–Crippen LogP) is 2.29. The van der Waals surface area contributed by atoms with Gasteiger partial charge in [0, 0.05) is 0 Å². The van der Waals surface area contributed by atoms with Gasteiger partial charge in [0.1, 0.15) is 0 Å². The maximum Gasteiger partial charge on any atom is 0.320 e. The van der Waals surface area contributed by atoms with E-state index in [0.29, 0.717) is 18.3 Å². The molecule has 2 fully saturated rings. The molecule has 0 amide bonds. The molecule has 2 aliphatic rings. The first-order valence-electron chi connectivity index (χ1n) is 5.87. The quantitative estimate of drug-likeness (QED) is 0.519. The maximum atomic E-state index is 11.8. The van der Waals surface area contributed by atoms with E-state index in [-0.39, 0.29) is 11.9 Å². The topological polar surface area (TPSA) is 43.4 Å². The largest absolute Gasteiger partial charge is 0.393 e. The van der Waals surface area contributed by atoms with Gasteiger partial charge in [0.05, 0.1) is 11.8 Å². The van der Waals surface area contributed by atoms with Crippen LogP contribution in [0.25, 0.3) is 0 Å². The van der Waals surface area contributed by atoms with E-state index >= 15 is 0 Å². The first kappa shape index (κ1) is 10.7. The number of ether oxygens (including phenoxy) is 1. The van der Waals surface area contributed by atoms with E-state index in [0.717, 1.165) is 25.7 Å². The number of esters is 2. The van der Waals surface area contributed by atoms with E-state index in [1.54, 1.807) is 0 Å². The van der Waals surface area contributed by atoms with Gasteiger partial charge in [-0.1, -0.05) is 26.7 Å². The van der Waals surface area contributed by atoms with E-state index in [2.05, 4.69) is 13.8 Å². The summed E-state index contributed by atoms with van der Waals surface area (Å²) >= 11 is 0. The van der Waals surface area contributed by atoms with Crippen LogP contribution in [-0.4, -0.2) is 11.9 Å². The van der Waals surface area contributed by atoms with Crippen LogP contribution in [0, 0.1) is 17.3 Å². The summed E-state index contributed by atoms with van der Waals surface area (Å²) in [6, 6.07) is 0. The molecule has 0 aromatic heterocycles. The molecule has 1 heterocycles.